The molecule has 0 aromatic carbocycles. The summed E-state index contributed by atoms with van der Waals surface area (Å²) in [6, 6.07) is 0. The Kier molecular flexibility index (Phi) is 4.68. The molecule has 0 atom stereocenters. The smallest absolute Gasteiger partial charge is 0.105 e. The van der Waals surface area contributed by atoms with E-state index in [0.29, 0.717) is 0 Å². The van der Waals surface area contributed by atoms with Crippen molar-refractivity contribution in [3.8, 4) is 36.0 Å². The summed E-state index contributed by atoms with van der Waals surface area (Å²) in [5, 5.41) is 8.07. The highest BCUT2D eigenvalue weighted by Gasteiger charge is 1.54. The van der Waals surface area contributed by atoms with Crippen molar-refractivity contribution < 1.29 is 5.11 Å². The topological polar surface area (TPSA) is 20.2 Å². The van der Waals surface area contributed by atoms with Gasteiger partial charge < -0.3 is 5.11 Å². The van der Waals surface area contributed by atoms with Crippen molar-refractivity contribution in [2.75, 3.05) is 6.61 Å². The molecule has 1 nitrogen and oxygen atoms in total. The maximum Gasteiger partial charge on any atom is 0.105 e. The number of rotatable bonds is 0. The van der Waals surface area contributed by atoms with E-state index in [0.717, 1.165) is 0 Å². The molecule has 0 aliphatic heterocycles. The van der Waals surface area contributed by atoms with E-state index in [2.05, 4.69) is 29.6 Å². The van der Waals surface area contributed by atoms with Crippen LogP contribution in [0.5, 0.6) is 0 Å². The fourth-order valence-corrected chi connectivity index (χ4v) is 0.151. The van der Waals surface area contributed by atoms with Crippen molar-refractivity contribution in [2.24, 2.45) is 0 Å². The summed E-state index contributed by atoms with van der Waals surface area (Å²) >= 11 is 0. The summed E-state index contributed by atoms with van der Waals surface area (Å²) in [7, 11) is 0. The second kappa shape index (κ2) is 5.64. The first-order valence-corrected chi connectivity index (χ1v) is 1.96. The molecule has 0 aromatic heterocycles. The van der Waals surface area contributed by atoms with Gasteiger partial charge in [0, 0.05) is 0 Å². The van der Waals surface area contributed by atoms with Crippen LogP contribution in [0.4, 0.5) is 0 Å². The van der Waals surface area contributed by atoms with Crippen molar-refractivity contribution in [1.29, 1.82) is 0 Å². The molecule has 0 aliphatic carbocycles. The van der Waals surface area contributed by atoms with Crippen LogP contribution in [0.2, 0.25) is 0 Å². The predicted molar refractivity (Wildman–Crippen MR) is 31.5 cm³/mol. The molecule has 0 bridgehead atoms. The van der Waals surface area contributed by atoms with Crippen LogP contribution in [0.25, 0.3) is 0 Å². The van der Waals surface area contributed by atoms with Crippen LogP contribution in [0, 0.1) is 36.0 Å². The fraction of sp³-hybridized carbons (Fsp3) is 0.143. The third-order valence-electron chi connectivity index (χ3n) is 0.365. The lowest BCUT2D eigenvalue weighted by Gasteiger charge is -1.61. The lowest BCUT2D eigenvalue weighted by Crippen LogP contribution is -1.68. The van der Waals surface area contributed by atoms with E-state index in [9.17, 15) is 0 Å². The summed E-state index contributed by atoms with van der Waals surface area (Å²) in [5.74, 6) is 11.3. The number of hydrogen-bond acceptors (Lipinski definition) is 1. The summed E-state index contributed by atoms with van der Waals surface area (Å²) in [4.78, 5) is 0. The highest BCUT2D eigenvalue weighted by Crippen LogP contribution is 1.51. The van der Waals surface area contributed by atoms with Crippen LogP contribution < -0.4 is 0 Å². The molecule has 1 N–H and O–H groups in total. The molecular weight excluding hydrogens is 100 g/mol. The van der Waals surface area contributed by atoms with E-state index < -0.39 is 0 Å². The van der Waals surface area contributed by atoms with Gasteiger partial charge in [-0.05, 0) is 23.7 Å². The zero-order chi connectivity index (χ0) is 6.24. The maximum absolute atomic E-state index is 8.07. The molecule has 0 saturated carbocycles. The van der Waals surface area contributed by atoms with Crippen molar-refractivity contribution in [1.82, 2.24) is 0 Å². The molecule has 38 valence electrons. The fourth-order valence-electron chi connectivity index (χ4n) is 0.151. The summed E-state index contributed by atoms with van der Waals surface area (Å²) < 4.78 is 0. The molecule has 0 rings (SSSR count). The molecule has 0 unspecified atom stereocenters. The standard InChI is InChI=1S/C7H4O/c1-2-3-4-5-6-7-8/h1,8H,7H2. The first kappa shape index (κ1) is 6.64. The van der Waals surface area contributed by atoms with Gasteiger partial charge in [-0.15, -0.1) is 6.42 Å². The average molecular weight is 104 g/mol. The quantitative estimate of drug-likeness (QED) is 0.415. The molecule has 0 aliphatic rings. The summed E-state index contributed by atoms with van der Waals surface area (Å²) in [6.45, 7) is -0.167. The summed E-state index contributed by atoms with van der Waals surface area (Å²) in [5.41, 5.74) is 0. The molecule has 0 radical (unpaired) electrons. The minimum atomic E-state index is -0.167. The lowest BCUT2D eigenvalue weighted by atomic mass is 10.5. The molecule has 0 saturated heterocycles. The number of aliphatic hydroxyl groups excluding tert-OH is 1. The Morgan fingerprint density at radius 1 is 1.25 bits per heavy atom. The van der Waals surface area contributed by atoms with Crippen LogP contribution >= 0.6 is 0 Å². The van der Waals surface area contributed by atoms with Gasteiger partial charge in [0.25, 0.3) is 0 Å². The second-order valence-electron chi connectivity index (χ2n) is 0.854. The maximum atomic E-state index is 8.07. The average Bonchev–Trinajstić information content (AvgIpc) is 1.81. The van der Waals surface area contributed by atoms with Gasteiger partial charge >= 0.3 is 0 Å². The van der Waals surface area contributed by atoms with Crippen LogP contribution in [0.1, 0.15) is 0 Å². The molecule has 0 fully saturated rings. The Balaban J connectivity index is 3.61. The van der Waals surface area contributed by atoms with Gasteiger partial charge in [-0.25, -0.2) is 0 Å². The van der Waals surface area contributed by atoms with Crippen LogP contribution in [-0.4, -0.2) is 11.7 Å². The molecule has 0 spiro atoms. The minimum absolute atomic E-state index is 0.167. The van der Waals surface area contributed by atoms with Crippen molar-refractivity contribution in [2.45, 2.75) is 0 Å². The molecule has 0 heterocycles. The normalized spacial score (nSPS) is 4.50. The van der Waals surface area contributed by atoms with Crippen molar-refractivity contribution in [3.05, 3.63) is 0 Å². The van der Waals surface area contributed by atoms with Gasteiger partial charge in [0.15, 0.2) is 0 Å². The van der Waals surface area contributed by atoms with Crippen molar-refractivity contribution in [3.63, 3.8) is 0 Å². The Morgan fingerprint density at radius 2 is 2.00 bits per heavy atom. The minimum Gasteiger partial charge on any atom is -0.384 e. The van der Waals surface area contributed by atoms with Gasteiger partial charge in [0.1, 0.15) is 6.61 Å². The Bertz CT molecular complexity index is 199. The van der Waals surface area contributed by atoms with Gasteiger partial charge in [-0.3, -0.25) is 0 Å². The van der Waals surface area contributed by atoms with Gasteiger partial charge in [-0.1, -0.05) is 5.92 Å². The Morgan fingerprint density at radius 3 is 2.50 bits per heavy atom. The van der Waals surface area contributed by atoms with Crippen molar-refractivity contribution >= 4 is 0 Å². The third kappa shape index (κ3) is 4.64. The molecule has 0 amide bonds. The Labute approximate surface area is 48.7 Å². The SMILES string of the molecule is C#CC#CC#CCO. The zero-order valence-corrected chi connectivity index (χ0v) is 4.23. The highest BCUT2D eigenvalue weighted by atomic mass is 16.2. The number of hydrogen-bond donors (Lipinski definition) is 1. The van der Waals surface area contributed by atoms with E-state index in [-0.39, 0.29) is 6.61 Å². The molecular formula is C7H4O. The molecule has 1 heteroatoms. The van der Waals surface area contributed by atoms with Gasteiger partial charge in [0.2, 0.25) is 0 Å². The molecule has 8 heavy (non-hydrogen) atoms. The third-order valence-corrected chi connectivity index (χ3v) is 0.365. The monoisotopic (exact) mass is 104 g/mol. The van der Waals surface area contributed by atoms with Crippen LogP contribution in [0.15, 0.2) is 0 Å². The number of terminal acetylenes is 1. The number of aliphatic hydroxyl groups is 1. The van der Waals surface area contributed by atoms with Gasteiger partial charge in [-0.2, -0.15) is 0 Å². The van der Waals surface area contributed by atoms with E-state index in [1.807, 2.05) is 0 Å². The zero-order valence-electron chi connectivity index (χ0n) is 4.23. The van der Waals surface area contributed by atoms with Gasteiger partial charge in [0.05, 0.1) is 0 Å². The van der Waals surface area contributed by atoms with E-state index in [4.69, 9.17) is 11.5 Å². The first-order chi connectivity index (χ1) is 3.91. The highest BCUT2D eigenvalue weighted by molar-refractivity contribution is 5.33. The van der Waals surface area contributed by atoms with E-state index >= 15 is 0 Å². The predicted octanol–water partition coefficient (Wildman–Crippen LogP) is -0.381. The first-order valence-electron chi connectivity index (χ1n) is 1.96. The second-order valence-corrected chi connectivity index (χ2v) is 0.854. The lowest BCUT2D eigenvalue weighted by molar-refractivity contribution is 0.350. The van der Waals surface area contributed by atoms with E-state index in [1.54, 1.807) is 0 Å². The largest absolute Gasteiger partial charge is 0.384 e. The van der Waals surface area contributed by atoms with Crippen LogP contribution in [0.3, 0.4) is 0 Å². The molecule has 0 aromatic rings. The van der Waals surface area contributed by atoms with Crippen LogP contribution in [-0.2, 0) is 0 Å². The van der Waals surface area contributed by atoms with E-state index in [1.165, 1.54) is 0 Å². The Hall–Kier alpha value is -1.36. The summed E-state index contributed by atoms with van der Waals surface area (Å²) in [6.07, 6.45) is 4.76.